The molecule has 0 radical (unpaired) electrons. The number of hydrogen-bond acceptors (Lipinski definition) is 3. The van der Waals surface area contributed by atoms with Crippen molar-refractivity contribution in [1.29, 1.82) is 0 Å². The topological polar surface area (TPSA) is 83.1 Å². The molecule has 0 unspecified atom stereocenters. The lowest BCUT2D eigenvalue weighted by Gasteiger charge is -2.22. The Hall–Kier alpha value is -3.41. The Morgan fingerprint density at radius 2 is 1.61 bits per heavy atom. The number of rotatable bonds is 3. The molecule has 33 heavy (non-hydrogen) atoms. The fraction of sp³-hybridized carbons (Fsp3) is 0.370. The minimum Gasteiger partial charge on any atom is -0.334 e. The summed E-state index contributed by atoms with van der Waals surface area (Å²) in [5.41, 5.74) is 9.20. The van der Waals surface area contributed by atoms with Gasteiger partial charge >= 0.3 is 6.03 Å². The van der Waals surface area contributed by atoms with Gasteiger partial charge < -0.3 is 5.32 Å². The van der Waals surface area contributed by atoms with Gasteiger partial charge in [-0.25, -0.2) is 15.2 Å². The Labute approximate surface area is 195 Å². The number of benzene rings is 2. The molecule has 0 bridgehead atoms. The monoisotopic (exact) mass is 444 g/mol. The lowest BCUT2D eigenvalue weighted by atomic mass is 9.86. The molecule has 1 aromatic heterocycles. The second-order valence-electron chi connectivity index (χ2n) is 9.79. The molecule has 2 aromatic carbocycles. The number of para-hydroxylation sites is 1. The second-order valence-corrected chi connectivity index (χ2v) is 9.79. The average molecular weight is 445 g/mol. The van der Waals surface area contributed by atoms with Crippen LogP contribution in [0.2, 0.25) is 0 Å². The first-order chi connectivity index (χ1) is 15.8. The number of urea groups is 1. The van der Waals surface area contributed by atoms with Crippen LogP contribution < -0.4 is 16.2 Å². The summed E-state index contributed by atoms with van der Waals surface area (Å²) in [5.74, 6) is -0.375. The number of pyridine rings is 1. The predicted octanol–water partition coefficient (Wildman–Crippen LogP) is 5.48. The van der Waals surface area contributed by atoms with E-state index >= 15 is 0 Å². The van der Waals surface area contributed by atoms with Crippen molar-refractivity contribution in [3.8, 4) is 11.3 Å². The molecular formula is C27H32N4O2. The summed E-state index contributed by atoms with van der Waals surface area (Å²) >= 11 is 0. The summed E-state index contributed by atoms with van der Waals surface area (Å²) in [6.45, 7) is 6.53. The molecule has 3 aromatic rings. The van der Waals surface area contributed by atoms with Gasteiger partial charge in [0, 0.05) is 17.0 Å². The van der Waals surface area contributed by atoms with E-state index in [1.807, 2.05) is 36.4 Å². The highest BCUT2D eigenvalue weighted by Crippen LogP contribution is 2.28. The van der Waals surface area contributed by atoms with E-state index in [-0.39, 0.29) is 23.4 Å². The molecule has 6 nitrogen and oxygen atoms in total. The molecule has 1 saturated carbocycles. The molecule has 4 rings (SSSR count). The Balaban J connectivity index is 1.55. The summed E-state index contributed by atoms with van der Waals surface area (Å²) in [7, 11) is 0. The zero-order valence-corrected chi connectivity index (χ0v) is 19.6. The minimum atomic E-state index is -0.383. The van der Waals surface area contributed by atoms with Crippen LogP contribution in [0, 0.1) is 0 Å². The van der Waals surface area contributed by atoms with Crippen molar-refractivity contribution in [1.82, 2.24) is 21.2 Å². The maximum atomic E-state index is 13.0. The highest BCUT2D eigenvalue weighted by atomic mass is 16.2. The second kappa shape index (κ2) is 9.61. The van der Waals surface area contributed by atoms with Crippen molar-refractivity contribution in [3.05, 3.63) is 65.7 Å². The third kappa shape index (κ3) is 5.51. The third-order valence-corrected chi connectivity index (χ3v) is 6.24. The van der Waals surface area contributed by atoms with Crippen LogP contribution >= 0.6 is 0 Å². The van der Waals surface area contributed by atoms with Gasteiger partial charge in [0.1, 0.15) is 0 Å². The standard InChI is InChI=1S/C27H32N4O2/c1-27(2,3)19-15-13-18(14-16-19)24-17-22(21-11-7-8-12-23(21)29-24)25(32)30-31-26(33)28-20-9-5-4-6-10-20/h7-8,11-17,20H,4-6,9-10H2,1-3H3,(H,30,32)(H2,28,31,33). The molecule has 1 aliphatic rings. The van der Waals surface area contributed by atoms with Gasteiger partial charge in [0.05, 0.1) is 16.8 Å². The highest BCUT2D eigenvalue weighted by molar-refractivity contribution is 6.07. The lowest BCUT2D eigenvalue weighted by molar-refractivity contribution is 0.0937. The number of hydrogen-bond donors (Lipinski definition) is 3. The molecule has 172 valence electrons. The zero-order chi connectivity index (χ0) is 23.4. The Morgan fingerprint density at radius 1 is 0.909 bits per heavy atom. The first-order valence-electron chi connectivity index (χ1n) is 11.7. The molecular weight excluding hydrogens is 412 g/mol. The normalized spacial score (nSPS) is 14.6. The fourth-order valence-corrected chi connectivity index (χ4v) is 4.30. The molecule has 1 aliphatic carbocycles. The number of hydrazine groups is 1. The van der Waals surface area contributed by atoms with E-state index in [0.29, 0.717) is 11.3 Å². The van der Waals surface area contributed by atoms with Gasteiger partial charge in [-0.15, -0.1) is 0 Å². The van der Waals surface area contributed by atoms with Crippen molar-refractivity contribution in [3.63, 3.8) is 0 Å². The molecule has 1 heterocycles. The highest BCUT2D eigenvalue weighted by Gasteiger charge is 2.18. The summed E-state index contributed by atoms with van der Waals surface area (Å²) < 4.78 is 0. The predicted molar refractivity (Wildman–Crippen MR) is 132 cm³/mol. The van der Waals surface area contributed by atoms with Crippen LogP contribution in [0.4, 0.5) is 4.79 Å². The average Bonchev–Trinajstić information content (AvgIpc) is 2.82. The summed E-state index contributed by atoms with van der Waals surface area (Å²) in [4.78, 5) is 30.1. The number of nitrogens with one attached hydrogen (secondary N) is 3. The molecule has 0 spiro atoms. The Kier molecular flexibility index (Phi) is 6.63. The van der Waals surface area contributed by atoms with Gasteiger partial charge in [0.25, 0.3) is 5.91 Å². The molecule has 6 heteroatoms. The van der Waals surface area contributed by atoms with Crippen molar-refractivity contribution in [2.45, 2.75) is 64.3 Å². The summed E-state index contributed by atoms with van der Waals surface area (Å²) in [6, 6.07) is 17.4. The van der Waals surface area contributed by atoms with Crippen LogP contribution in [0.25, 0.3) is 22.2 Å². The van der Waals surface area contributed by atoms with Crippen LogP contribution in [0.1, 0.15) is 68.8 Å². The largest absolute Gasteiger partial charge is 0.334 e. The maximum absolute atomic E-state index is 13.0. The molecule has 3 amide bonds. The molecule has 3 N–H and O–H groups in total. The number of nitrogens with zero attached hydrogens (tertiary/aromatic N) is 1. The first-order valence-corrected chi connectivity index (χ1v) is 11.7. The molecule has 0 aliphatic heterocycles. The van der Waals surface area contributed by atoms with Gasteiger partial charge in [-0.05, 0) is 36.0 Å². The number of fused-ring (bicyclic) bond motifs is 1. The van der Waals surface area contributed by atoms with E-state index in [0.717, 1.165) is 42.1 Å². The smallest absolute Gasteiger partial charge is 0.333 e. The van der Waals surface area contributed by atoms with Crippen molar-refractivity contribution in [2.75, 3.05) is 0 Å². The minimum absolute atomic E-state index is 0.0598. The van der Waals surface area contributed by atoms with Gasteiger partial charge in [-0.3, -0.25) is 10.2 Å². The van der Waals surface area contributed by atoms with Crippen molar-refractivity contribution in [2.24, 2.45) is 0 Å². The fourth-order valence-electron chi connectivity index (χ4n) is 4.30. The number of carbonyl (C=O) groups is 2. The number of carbonyl (C=O) groups excluding carboxylic acids is 2. The van der Waals surface area contributed by atoms with E-state index in [1.165, 1.54) is 12.0 Å². The van der Waals surface area contributed by atoms with Crippen LogP contribution in [0.3, 0.4) is 0 Å². The van der Waals surface area contributed by atoms with E-state index in [1.54, 1.807) is 6.07 Å². The summed E-state index contributed by atoms with van der Waals surface area (Å²) in [6.07, 6.45) is 5.42. The van der Waals surface area contributed by atoms with Gasteiger partial charge in [-0.2, -0.15) is 0 Å². The Bertz CT molecular complexity index is 1140. The number of amides is 3. The van der Waals surface area contributed by atoms with Crippen LogP contribution in [-0.4, -0.2) is 23.0 Å². The van der Waals surface area contributed by atoms with Crippen LogP contribution in [0.15, 0.2) is 54.6 Å². The van der Waals surface area contributed by atoms with Gasteiger partial charge in [-0.1, -0.05) is 82.5 Å². The Morgan fingerprint density at radius 3 is 2.30 bits per heavy atom. The SMILES string of the molecule is CC(C)(C)c1ccc(-c2cc(C(=O)NNC(=O)NC3CCCCC3)c3ccccc3n2)cc1. The molecule has 0 saturated heterocycles. The third-order valence-electron chi connectivity index (χ3n) is 6.24. The van der Waals surface area contributed by atoms with E-state index in [9.17, 15) is 9.59 Å². The van der Waals surface area contributed by atoms with Crippen LogP contribution in [0.5, 0.6) is 0 Å². The zero-order valence-electron chi connectivity index (χ0n) is 19.6. The van der Waals surface area contributed by atoms with Crippen molar-refractivity contribution >= 4 is 22.8 Å². The van der Waals surface area contributed by atoms with E-state index < -0.39 is 0 Å². The number of aromatic nitrogens is 1. The van der Waals surface area contributed by atoms with Gasteiger partial charge in [0.2, 0.25) is 0 Å². The van der Waals surface area contributed by atoms with Gasteiger partial charge in [0.15, 0.2) is 0 Å². The lowest BCUT2D eigenvalue weighted by Crippen LogP contribution is -2.50. The summed E-state index contributed by atoms with van der Waals surface area (Å²) in [5, 5.41) is 3.68. The maximum Gasteiger partial charge on any atom is 0.333 e. The quantitative estimate of drug-likeness (QED) is 0.468. The van der Waals surface area contributed by atoms with E-state index in [2.05, 4.69) is 49.1 Å². The molecule has 1 fully saturated rings. The van der Waals surface area contributed by atoms with E-state index in [4.69, 9.17) is 4.98 Å². The van der Waals surface area contributed by atoms with Crippen LogP contribution in [-0.2, 0) is 5.41 Å². The molecule has 0 atom stereocenters. The first kappa shape index (κ1) is 22.8. The van der Waals surface area contributed by atoms with Crippen molar-refractivity contribution < 1.29 is 9.59 Å².